The summed E-state index contributed by atoms with van der Waals surface area (Å²) in [6.45, 7) is -0.0949. The van der Waals surface area contributed by atoms with E-state index in [4.69, 9.17) is 4.74 Å². The summed E-state index contributed by atoms with van der Waals surface area (Å²) in [7, 11) is -3.72. The molecule has 8 heteroatoms. The van der Waals surface area contributed by atoms with Crippen LogP contribution in [0.1, 0.15) is 5.56 Å². The first-order valence-corrected chi connectivity index (χ1v) is 12.0. The van der Waals surface area contributed by atoms with E-state index in [0.717, 1.165) is 3.57 Å². The van der Waals surface area contributed by atoms with Crippen molar-refractivity contribution in [2.75, 3.05) is 16.2 Å². The second kappa shape index (κ2) is 8.65. The fourth-order valence-corrected chi connectivity index (χ4v) is 5.16. The average molecular weight is 534 g/mol. The highest BCUT2D eigenvalue weighted by atomic mass is 127. The van der Waals surface area contributed by atoms with Gasteiger partial charge in [-0.15, -0.1) is 0 Å². The fourth-order valence-electron chi connectivity index (χ4n) is 3.22. The van der Waals surface area contributed by atoms with E-state index < -0.39 is 22.0 Å². The minimum absolute atomic E-state index is 0.0949. The highest BCUT2D eigenvalue weighted by Gasteiger charge is 2.36. The van der Waals surface area contributed by atoms with Gasteiger partial charge in [-0.3, -0.25) is 9.10 Å². The number of fused-ring (bicyclic) bond motifs is 1. The fraction of sp³-hybridized carbons (Fsp3) is 0.136. The quantitative estimate of drug-likeness (QED) is 0.502. The third-order valence-corrected chi connectivity index (χ3v) is 7.10. The molecule has 1 atom stereocenters. The van der Waals surface area contributed by atoms with Crippen molar-refractivity contribution in [3.8, 4) is 5.75 Å². The number of halogens is 1. The van der Waals surface area contributed by atoms with Crippen LogP contribution in [-0.2, 0) is 20.6 Å². The maximum Gasteiger partial charge on any atom is 0.267 e. The van der Waals surface area contributed by atoms with Gasteiger partial charge < -0.3 is 10.1 Å². The average Bonchev–Trinajstić information content (AvgIpc) is 2.75. The smallest absolute Gasteiger partial charge is 0.267 e. The Balaban J connectivity index is 1.60. The second-order valence-corrected chi connectivity index (χ2v) is 9.98. The minimum atomic E-state index is -3.72. The molecule has 0 aliphatic carbocycles. The van der Waals surface area contributed by atoms with Gasteiger partial charge in [-0.25, -0.2) is 8.42 Å². The van der Waals surface area contributed by atoms with Gasteiger partial charge in [-0.1, -0.05) is 42.5 Å². The van der Waals surface area contributed by atoms with Crippen LogP contribution in [-0.4, -0.2) is 27.0 Å². The molecule has 4 rings (SSSR count). The van der Waals surface area contributed by atoms with Crippen LogP contribution in [0.3, 0.4) is 0 Å². The standard InChI is InChI=1S/C22H19IN2O4S/c23-17-10-12-18(13-11-17)24-22(26)21-14-25(19-8-4-5-9-20(19)29-21)30(27,28)15-16-6-2-1-3-7-16/h1-13,21H,14-15H2,(H,24,26)/t21-/m1/s1. The second-order valence-electron chi connectivity index (χ2n) is 6.84. The van der Waals surface area contributed by atoms with Crippen LogP contribution in [0.4, 0.5) is 11.4 Å². The molecule has 30 heavy (non-hydrogen) atoms. The molecular formula is C22H19IN2O4S. The SMILES string of the molecule is O=C(Nc1ccc(I)cc1)[C@H]1CN(S(=O)(=O)Cc2ccccc2)c2ccccc2O1. The van der Waals surface area contributed by atoms with Crippen molar-refractivity contribution in [3.63, 3.8) is 0 Å². The third-order valence-electron chi connectivity index (χ3n) is 4.67. The van der Waals surface area contributed by atoms with Gasteiger partial charge in [-0.05, 0) is 64.6 Å². The number of amides is 1. The molecule has 1 aliphatic heterocycles. The largest absolute Gasteiger partial charge is 0.476 e. The number of benzene rings is 3. The summed E-state index contributed by atoms with van der Waals surface area (Å²) in [5.74, 6) is -0.193. The Bertz CT molecular complexity index is 1150. The highest BCUT2D eigenvalue weighted by molar-refractivity contribution is 14.1. The lowest BCUT2D eigenvalue weighted by molar-refractivity contribution is -0.122. The van der Waals surface area contributed by atoms with E-state index in [1.165, 1.54) is 4.31 Å². The maximum absolute atomic E-state index is 13.2. The first kappa shape index (κ1) is 20.7. The Kier molecular flexibility index (Phi) is 5.96. The van der Waals surface area contributed by atoms with Gasteiger partial charge in [-0.2, -0.15) is 0 Å². The van der Waals surface area contributed by atoms with Gasteiger partial charge in [0.1, 0.15) is 5.75 Å². The van der Waals surface area contributed by atoms with Crippen molar-refractivity contribution in [3.05, 3.63) is 88.0 Å². The minimum Gasteiger partial charge on any atom is -0.476 e. The summed E-state index contributed by atoms with van der Waals surface area (Å²) in [6, 6.07) is 23.2. The molecule has 0 aromatic heterocycles. The van der Waals surface area contributed by atoms with Crippen molar-refractivity contribution < 1.29 is 17.9 Å². The number of anilines is 2. The van der Waals surface area contributed by atoms with Crippen molar-refractivity contribution >= 4 is 49.9 Å². The lowest BCUT2D eigenvalue weighted by atomic mass is 10.2. The van der Waals surface area contributed by atoms with Crippen molar-refractivity contribution in [1.29, 1.82) is 0 Å². The first-order valence-electron chi connectivity index (χ1n) is 9.29. The molecule has 3 aromatic carbocycles. The predicted octanol–water partition coefficient (Wildman–Crippen LogP) is 4.03. The highest BCUT2D eigenvalue weighted by Crippen LogP contribution is 2.36. The van der Waals surface area contributed by atoms with Gasteiger partial charge in [0.25, 0.3) is 5.91 Å². The van der Waals surface area contributed by atoms with E-state index in [-0.39, 0.29) is 12.3 Å². The molecule has 1 N–H and O–H groups in total. The monoisotopic (exact) mass is 534 g/mol. The Morgan fingerprint density at radius 2 is 1.67 bits per heavy atom. The zero-order valence-corrected chi connectivity index (χ0v) is 18.8. The molecule has 3 aromatic rings. The van der Waals surface area contributed by atoms with Crippen LogP contribution in [0.2, 0.25) is 0 Å². The van der Waals surface area contributed by atoms with Crippen LogP contribution in [0.5, 0.6) is 5.75 Å². The van der Waals surface area contributed by atoms with Gasteiger partial charge in [0.05, 0.1) is 18.0 Å². The molecule has 0 saturated heterocycles. The summed E-state index contributed by atoms with van der Waals surface area (Å²) >= 11 is 2.18. The van der Waals surface area contributed by atoms with E-state index in [1.807, 2.05) is 18.2 Å². The number of sulfonamides is 1. The van der Waals surface area contributed by atoms with Crippen molar-refractivity contribution in [1.82, 2.24) is 0 Å². The molecule has 6 nitrogen and oxygen atoms in total. The molecule has 1 heterocycles. The van der Waals surface area contributed by atoms with E-state index in [2.05, 4.69) is 27.9 Å². The Hall–Kier alpha value is -2.59. The molecule has 0 radical (unpaired) electrons. The lowest BCUT2D eigenvalue weighted by Crippen LogP contribution is -2.49. The number of carbonyl (C=O) groups is 1. The summed E-state index contributed by atoms with van der Waals surface area (Å²) in [6.07, 6.45) is -0.968. The van der Waals surface area contributed by atoms with E-state index in [0.29, 0.717) is 22.7 Å². The van der Waals surface area contributed by atoms with Crippen LogP contribution in [0, 0.1) is 3.57 Å². The Morgan fingerprint density at radius 3 is 2.40 bits per heavy atom. The van der Waals surface area contributed by atoms with Gasteiger partial charge in [0, 0.05) is 9.26 Å². The molecular weight excluding hydrogens is 515 g/mol. The molecule has 0 fully saturated rings. The lowest BCUT2D eigenvalue weighted by Gasteiger charge is -2.34. The number of rotatable bonds is 5. The predicted molar refractivity (Wildman–Crippen MR) is 125 cm³/mol. The summed E-state index contributed by atoms with van der Waals surface area (Å²) in [5, 5.41) is 2.80. The zero-order valence-electron chi connectivity index (χ0n) is 15.9. The van der Waals surface area contributed by atoms with E-state index >= 15 is 0 Å². The Labute approximate surface area is 189 Å². The molecule has 0 bridgehead atoms. The normalized spacial score (nSPS) is 15.8. The molecule has 0 unspecified atom stereocenters. The molecule has 1 amide bonds. The van der Waals surface area contributed by atoms with Gasteiger partial charge in [0.2, 0.25) is 10.0 Å². The van der Waals surface area contributed by atoms with Gasteiger partial charge in [0.15, 0.2) is 6.10 Å². The number of hydrogen-bond acceptors (Lipinski definition) is 4. The number of nitrogens with one attached hydrogen (secondary N) is 1. The molecule has 154 valence electrons. The zero-order chi connectivity index (χ0) is 21.1. The molecule has 0 saturated carbocycles. The van der Waals surface area contributed by atoms with Gasteiger partial charge >= 0.3 is 0 Å². The van der Waals surface area contributed by atoms with Crippen LogP contribution in [0.15, 0.2) is 78.9 Å². The van der Waals surface area contributed by atoms with Crippen LogP contribution >= 0.6 is 22.6 Å². The number of para-hydroxylation sites is 2. The summed E-state index contributed by atoms with van der Waals surface area (Å²) in [5.41, 5.74) is 1.75. The van der Waals surface area contributed by atoms with Crippen molar-refractivity contribution in [2.45, 2.75) is 11.9 Å². The van der Waals surface area contributed by atoms with Crippen LogP contribution < -0.4 is 14.4 Å². The van der Waals surface area contributed by atoms with Crippen molar-refractivity contribution in [2.24, 2.45) is 0 Å². The van der Waals surface area contributed by atoms with E-state index in [9.17, 15) is 13.2 Å². The Morgan fingerprint density at radius 1 is 1.00 bits per heavy atom. The third kappa shape index (κ3) is 4.59. The number of carbonyl (C=O) groups excluding carboxylic acids is 1. The number of nitrogens with zero attached hydrogens (tertiary/aromatic N) is 1. The molecule has 1 aliphatic rings. The number of ether oxygens (including phenoxy) is 1. The van der Waals surface area contributed by atoms with E-state index in [1.54, 1.807) is 60.7 Å². The summed E-state index contributed by atoms with van der Waals surface area (Å²) in [4.78, 5) is 12.8. The summed E-state index contributed by atoms with van der Waals surface area (Å²) < 4.78 is 34.6. The first-order chi connectivity index (χ1) is 14.4. The van der Waals surface area contributed by atoms with Crippen LogP contribution in [0.25, 0.3) is 0 Å². The number of hydrogen-bond donors (Lipinski definition) is 1. The maximum atomic E-state index is 13.2. The molecule has 0 spiro atoms. The topological polar surface area (TPSA) is 75.7 Å².